The van der Waals surface area contributed by atoms with Gasteiger partial charge in [-0.3, -0.25) is 4.79 Å². The summed E-state index contributed by atoms with van der Waals surface area (Å²) in [5.41, 5.74) is 0.898. The van der Waals surface area contributed by atoms with Gasteiger partial charge in [-0.15, -0.1) is 0 Å². The maximum absolute atomic E-state index is 12.1. The van der Waals surface area contributed by atoms with Crippen LogP contribution >= 0.6 is 0 Å². The van der Waals surface area contributed by atoms with Crippen LogP contribution in [0, 0.1) is 6.92 Å². The molecular weight excluding hydrogens is 252 g/mol. The fraction of sp³-hybridized carbons (Fsp3) is 0.417. The largest absolute Gasteiger partial charge is 0.355 e. The first kappa shape index (κ1) is 13.0. The average Bonchev–Trinajstić information content (AvgIpc) is 2.32. The minimum atomic E-state index is -3.50. The SMILES string of the molecule is Cc1cccc(S(=O)(=O)NC2CCC(=O)NC2)c1. The molecule has 98 valence electrons. The van der Waals surface area contributed by atoms with Crippen LogP contribution in [0.1, 0.15) is 18.4 Å². The van der Waals surface area contributed by atoms with E-state index >= 15 is 0 Å². The molecule has 6 heteroatoms. The molecule has 1 aliphatic heterocycles. The summed E-state index contributed by atoms with van der Waals surface area (Å²) in [5.74, 6) is -0.0268. The van der Waals surface area contributed by atoms with Crippen LogP contribution < -0.4 is 10.0 Å². The minimum absolute atomic E-state index is 0.0268. The summed E-state index contributed by atoms with van der Waals surface area (Å²) in [7, 11) is -3.50. The highest BCUT2D eigenvalue weighted by molar-refractivity contribution is 7.89. The molecular formula is C12H16N2O3S. The van der Waals surface area contributed by atoms with Crippen molar-refractivity contribution in [2.75, 3.05) is 6.54 Å². The number of aryl methyl sites for hydroxylation is 1. The van der Waals surface area contributed by atoms with Crippen molar-refractivity contribution in [3.05, 3.63) is 29.8 Å². The number of carbonyl (C=O) groups is 1. The summed E-state index contributed by atoms with van der Waals surface area (Å²) in [5, 5.41) is 2.65. The predicted octanol–water partition coefficient (Wildman–Crippen LogP) is 0.552. The van der Waals surface area contributed by atoms with E-state index in [9.17, 15) is 13.2 Å². The van der Waals surface area contributed by atoms with Crippen LogP contribution in [0.15, 0.2) is 29.2 Å². The van der Waals surface area contributed by atoms with Crippen molar-refractivity contribution in [2.24, 2.45) is 0 Å². The normalized spacial score (nSPS) is 20.5. The Morgan fingerprint density at radius 3 is 2.78 bits per heavy atom. The molecule has 1 atom stereocenters. The van der Waals surface area contributed by atoms with E-state index in [4.69, 9.17) is 0 Å². The standard InChI is InChI=1S/C12H16N2O3S/c1-9-3-2-4-11(7-9)18(16,17)14-10-5-6-12(15)13-8-10/h2-4,7,10,14H,5-6,8H2,1H3,(H,13,15). The second-order valence-electron chi connectivity index (χ2n) is 4.48. The number of hydrogen-bond acceptors (Lipinski definition) is 3. The molecule has 1 aromatic rings. The molecule has 0 radical (unpaired) electrons. The lowest BCUT2D eigenvalue weighted by atomic mass is 10.1. The summed E-state index contributed by atoms with van der Waals surface area (Å²) in [6.07, 6.45) is 0.901. The number of rotatable bonds is 3. The fourth-order valence-corrected chi connectivity index (χ4v) is 3.28. The second kappa shape index (κ2) is 5.07. The highest BCUT2D eigenvalue weighted by Gasteiger charge is 2.23. The van der Waals surface area contributed by atoms with E-state index in [0.717, 1.165) is 5.56 Å². The predicted molar refractivity (Wildman–Crippen MR) is 67.5 cm³/mol. The van der Waals surface area contributed by atoms with Crippen LogP contribution in [0.5, 0.6) is 0 Å². The zero-order valence-corrected chi connectivity index (χ0v) is 11.0. The fourth-order valence-electron chi connectivity index (χ4n) is 1.90. The quantitative estimate of drug-likeness (QED) is 0.840. The van der Waals surface area contributed by atoms with Crippen molar-refractivity contribution < 1.29 is 13.2 Å². The first-order valence-electron chi connectivity index (χ1n) is 5.83. The van der Waals surface area contributed by atoms with Crippen molar-refractivity contribution in [3.63, 3.8) is 0 Å². The third kappa shape index (κ3) is 3.08. The van der Waals surface area contributed by atoms with Crippen molar-refractivity contribution in [1.29, 1.82) is 0 Å². The number of benzene rings is 1. The van der Waals surface area contributed by atoms with Gasteiger partial charge in [-0.25, -0.2) is 13.1 Å². The summed E-state index contributed by atoms with van der Waals surface area (Å²) < 4.78 is 26.8. The van der Waals surface area contributed by atoms with Gasteiger partial charge in [0.15, 0.2) is 0 Å². The molecule has 0 bridgehead atoms. The Hall–Kier alpha value is -1.40. The zero-order valence-electron chi connectivity index (χ0n) is 10.1. The molecule has 1 aliphatic rings. The van der Waals surface area contributed by atoms with Crippen molar-refractivity contribution in [3.8, 4) is 0 Å². The molecule has 0 spiro atoms. The molecule has 2 N–H and O–H groups in total. The molecule has 0 aromatic heterocycles. The van der Waals surface area contributed by atoms with E-state index in [1.165, 1.54) is 0 Å². The highest BCUT2D eigenvalue weighted by Crippen LogP contribution is 2.13. The molecule has 0 aliphatic carbocycles. The Morgan fingerprint density at radius 2 is 2.17 bits per heavy atom. The van der Waals surface area contributed by atoms with Gasteiger partial charge in [-0.2, -0.15) is 0 Å². The maximum Gasteiger partial charge on any atom is 0.240 e. The van der Waals surface area contributed by atoms with Gasteiger partial charge in [0.25, 0.3) is 0 Å². The van der Waals surface area contributed by atoms with Crippen LogP contribution in [0.25, 0.3) is 0 Å². The molecule has 1 amide bonds. The van der Waals surface area contributed by atoms with Gasteiger partial charge in [0.1, 0.15) is 0 Å². The molecule has 2 rings (SSSR count). The van der Waals surface area contributed by atoms with Crippen LogP contribution in [0.4, 0.5) is 0 Å². The average molecular weight is 268 g/mol. The van der Waals surface area contributed by atoms with Crippen molar-refractivity contribution in [1.82, 2.24) is 10.0 Å². The number of piperidine rings is 1. The molecule has 1 unspecified atom stereocenters. The van der Waals surface area contributed by atoms with E-state index in [0.29, 0.717) is 19.4 Å². The van der Waals surface area contributed by atoms with Gasteiger partial charge in [0.05, 0.1) is 4.90 Å². The van der Waals surface area contributed by atoms with Crippen LogP contribution in [0.2, 0.25) is 0 Å². The number of carbonyl (C=O) groups excluding carboxylic acids is 1. The number of hydrogen-bond donors (Lipinski definition) is 2. The van der Waals surface area contributed by atoms with Gasteiger partial charge >= 0.3 is 0 Å². The number of amides is 1. The third-order valence-corrected chi connectivity index (χ3v) is 4.41. The Morgan fingerprint density at radius 1 is 1.39 bits per heavy atom. The summed E-state index contributed by atoms with van der Waals surface area (Å²) >= 11 is 0. The molecule has 1 heterocycles. The monoisotopic (exact) mass is 268 g/mol. The number of nitrogens with one attached hydrogen (secondary N) is 2. The smallest absolute Gasteiger partial charge is 0.240 e. The Balaban J connectivity index is 2.10. The Kier molecular flexibility index (Phi) is 3.68. The lowest BCUT2D eigenvalue weighted by Gasteiger charge is -2.23. The van der Waals surface area contributed by atoms with Gasteiger partial charge < -0.3 is 5.32 Å². The third-order valence-electron chi connectivity index (χ3n) is 2.89. The first-order valence-corrected chi connectivity index (χ1v) is 7.31. The van der Waals surface area contributed by atoms with Crippen molar-refractivity contribution >= 4 is 15.9 Å². The molecule has 5 nitrogen and oxygen atoms in total. The van der Waals surface area contributed by atoms with Gasteiger partial charge in [0.2, 0.25) is 15.9 Å². The van der Waals surface area contributed by atoms with Gasteiger partial charge in [-0.05, 0) is 31.0 Å². The van der Waals surface area contributed by atoms with Crippen LogP contribution in [-0.4, -0.2) is 26.9 Å². The van der Waals surface area contributed by atoms with Crippen LogP contribution in [0.3, 0.4) is 0 Å². The van der Waals surface area contributed by atoms with Crippen LogP contribution in [-0.2, 0) is 14.8 Å². The Bertz CT molecular complexity index is 544. The van der Waals surface area contributed by atoms with Gasteiger partial charge in [-0.1, -0.05) is 12.1 Å². The lowest BCUT2D eigenvalue weighted by molar-refractivity contribution is -0.122. The first-order chi connectivity index (χ1) is 8.47. The van der Waals surface area contributed by atoms with E-state index < -0.39 is 10.0 Å². The molecule has 1 aromatic carbocycles. The van der Waals surface area contributed by atoms with E-state index in [1.54, 1.807) is 18.2 Å². The highest BCUT2D eigenvalue weighted by atomic mass is 32.2. The van der Waals surface area contributed by atoms with Crippen molar-refractivity contribution in [2.45, 2.75) is 30.7 Å². The van der Waals surface area contributed by atoms with E-state index in [1.807, 2.05) is 13.0 Å². The summed E-state index contributed by atoms with van der Waals surface area (Å²) in [4.78, 5) is 11.3. The minimum Gasteiger partial charge on any atom is -0.355 e. The Labute approximate surface area is 107 Å². The molecule has 1 fully saturated rings. The summed E-state index contributed by atoms with van der Waals surface area (Å²) in [6, 6.07) is 6.53. The maximum atomic E-state index is 12.1. The topological polar surface area (TPSA) is 75.3 Å². The zero-order chi connectivity index (χ0) is 13.2. The van der Waals surface area contributed by atoms with Gasteiger partial charge in [0, 0.05) is 19.0 Å². The number of sulfonamides is 1. The van der Waals surface area contributed by atoms with E-state index in [-0.39, 0.29) is 16.8 Å². The molecule has 18 heavy (non-hydrogen) atoms. The van der Waals surface area contributed by atoms with E-state index in [2.05, 4.69) is 10.0 Å². The molecule has 0 saturated carbocycles. The second-order valence-corrected chi connectivity index (χ2v) is 6.19. The molecule has 1 saturated heterocycles. The lowest BCUT2D eigenvalue weighted by Crippen LogP contribution is -2.47. The summed E-state index contributed by atoms with van der Waals surface area (Å²) in [6.45, 7) is 2.20.